The minimum Gasteiger partial charge on any atom is -0.454 e. The van der Waals surface area contributed by atoms with Crippen molar-refractivity contribution in [2.75, 3.05) is 5.32 Å². The Morgan fingerprint density at radius 3 is 2.66 bits per heavy atom. The van der Waals surface area contributed by atoms with Gasteiger partial charge in [0.1, 0.15) is 16.3 Å². The number of nitrogens with one attached hydrogen (secondary N) is 2. The first-order chi connectivity index (χ1) is 13.9. The van der Waals surface area contributed by atoms with Gasteiger partial charge in [0.05, 0.1) is 17.3 Å². The monoisotopic (exact) mass is 428 g/mol. The Balaban J connectivity index is 1.69. The van der Waals surface area contributed by atoms with Crippen LogP contribution in [0.4, 0.5) is 5.69 Å². The molecule has 29 heavy (non-hydrogen) atoms. The van der Waals surface area contributed by atoms with Crippen molar-refractivity contribution in [2.45, 2.75) is 18.4 Å². The number of aliphatic imine (C=N–C) groups is 1. The van der Waals surface area contributed by atoms with Crippen molar-refractivity contribution in [3.8, 4) is 11.5 Å². The molecule has 0 unspecified atom stereocenters. The van der Waals surface area contributed by atoms with Crippen LogP contribution < -0.4 is 14.8 Å². The van der Waals surface area contributed by atoms with Gasteiger partial charge in [-0.05, 0) is 42.8 Å². The molecule has 148 valence electrons. The minimum absolute atomic E-state index is 0.0648. The molecule has 9 heteroatoms. The number of hydrogen-bond donors (Lipinski definition) is 2. The summed E-state index contributed by atoms with van der Waals surface area (Å²) in [4.78, 5) is 8.69. The van der Waals surface area contributed by atoms with Crippen molar-refractivity contribution in [2.24, 2.45) is 4.99 Å². The fraction of sp³-hybridized carbons (Fsp3) is 0.100. The van der Waals surface area contributed by atoms with Gasteiger partial charge in [0.15, 0.2) is 5.75 Å². The molecule has 2 N–H and O–H groups in total. The molecule has 0 fully saturated rings. The third kappa shape index (κ3) is 4.03. The maximum absolute atomic E-state index is 12.7. The Kier molecular flexibility index (Phi) is 5.12. The average molecular weight is 429 g/mol. The molecule has 0 radical (unpaired) electrons. The van der Waals surface area contributed by atoms with Crippen LogP contribution in [0.15, 0.2) is 70.7 Å². The van der Waals surface area contributed by atoms with E-state index in [4.69, 9.17) is 16.3 Å². The summed E-state index contributed by atoms with van der Waals surface area (Å²) in [6, 6.07) is 15.5. The zero-order valence-corrected chi connectivity index (χ0v) is 17.0. The maximum Gasteiger partial charge on any atom is 0.266 e. The van der Waals surface area contributed by atoms with E-state index in [1.165, 1.54) is 6.07 Å². The van der Waals surface area contributed by atoms with Gasteiger partial charge in [-0.25, -0.2) is 18.1 Å². The van der Waals surface area contributed by atoms with Gasteiger partial charge < -0.3 is 10.1 Å². The molecule has 0 saturated heterocycles. The number of hydrogen-bond acceptors (Lipinski definition) is 5. The third-order valence-electron chi connectivity index (χ3n) is 4.31. The lowest BCUT2D eigenvalue weighted by Gasteiger charge is -2.23. The number of fused-ring (bicyclic) bond motifs is 1. The van der Waals surface area contributed by atoms with Crippen LogP contribution in [0.1, 0.15) is 11.3 Å². The second-order valence-electron chi connectivity index (χ2n) is 6.32. The Bertz CT molecular complexity index is 1210. The Morgan fingerprint density at radius 1 is 1.07 bits per heavy atom. The second-order valence-corrected chi connectivity index (χ2v) is 8.38. The number of guanidine groups is 1. The summed E-state index contributed by atoms with van der Waals surface area (Å²) in [5.74, 6) is 0.836. The SMILES string of the molecule is Cc1cccnc1CN=C1Nc2c(Oc3ccccc3Cl)cccc2S(=O)(=O)N1. The predicted molar refractivity (Wildman–Crippen MR) is 112 cm³/mol. The highest BCUT2D eigenvalue weighted by atomic mass is 35.5. The van der Waals surface area contributed by atoms with Crippen LogP contribution in [0.5, 0.6) is 11.5 Å². The predicted octanol–water partition coefficient (Wildman–Crippen LogP) is 4.10. The van der Waals surface area contributed by atoms with Crippen molar-refractivity contribution in [1.82, 2.24) is 9.71 Å². The molecule has 7 nitrogen and oxygen atoms in total. The van der Waals surface area contributed by atoms with Gasteiger partial charge in [0, 0.05) is 6.20 Å². The minimum atomic E-state index is -3.81. The molecule has 0 atom stereocenters. The molecular formula is C20H17ClN4O3S. The number of ether oxygens (including phenoxy) is 1. The first-order valence-electron chi connectivity index (χ1n) is 8.74. The molecule has 2 aromatic carbocycles. The van der Waals surface area contributed by atoms with E-state index in [-0.39, 0.29) is 17.4 Å². The summed E-state index contributed by atoms with van der Waals surface area (Å²) in [6.45, 7) is 2.15. The van der Waals surface area contributed by atoms with Crippen LogP contribution >= 0.6 is 11.6 Å². The number of halogens is 1. The number of anilines is 1. The average Bonchev–Trinajstić information content (AvgIpc) is 2.69. The van der Waals surface area contributed by atoms with E-state index in [1.807, 2.05) is 19.1 Å². The highest BCUT2D eigenvalue weighted by Gasteiger charge is 2.29. The molecule has 0 bridgehead atoms. The van der Waals surface area contributed by atoms with Gasteiger partial charge >= 0.3 is 0 Å². The number of aromatic nitrogens is 1. The largest absolute Gasteiger partial charge is 0.454 e. The summed E-state index contributed by atoms with van der Waals surface area (Å²) in [5, 5.41) is 3.43. The van der Waals surface area contributed by atoms with Gasteiger partial charge in [0.25, 0.3) is 10.0 Å². The number of para-hydroxylation sites is 2. The molecule has 0 aliphatic carbocycles. The molecule has 1 aromatic heterocycles. The van der Waals surface area contributed by atoms with E-state index in [0.29, 0.717) is 22.2 Å². The van der Waals surface area contributed by atoms with Gasteiger partial charge in [-0.3, -0.25) is 4.98 Å². The molecule has 0 spiro atoms. The normalized spacial score (nSPS) is 15.9. The standard InChI is InChI=1S/C20H17ClN4O3S/c1-13-6-5-11-22-15(13)12-23-20-24-19-17(28-16-8-3-2-7-14(16)21)9-4-10-18(19)29(26,27)25-20/h2-11H,12H2,1H3,(H2,23,24,25). The van der Waals surface area contributed by atoms with E-state index >= 15 is 0 Å². The van der Waals surface area contributed by atoms with Crippen molar-refractivity contribution < 1.29 is 13.2 Å². The lowest BCUT2D eigenvalue weighted by atomic mass is 10.2. The number of sulfonamides is 1. The van der Waals surface area contributed by atoms with Gasteiger partial charge in [-0.15, -0.1) is 0 Å². The van der Waals surface area contributed by atoms with E-state index in [2.05, 4.69) is 20.0 Å². The zero-order chi connectivity index (χ0) is 20.4. The Morgan fingerprint density at radius 2 is 1.86 bits per heavy atom. The molecule has 3 aromatic rings. The highest BCUT2D eigenvalue weighted by Crippen LogP contribution is 2.38. The second kappa shape index (κ2) is 7.73. The van der Waals surface area contributed by atoms with Crippen LogP contribution in [0.25, 0.3) is 0 Å². The van der Waals surface area contributed by atoms with Gasteiger partial charge in [0.2, 0.25) is 5.96 Å². The molecule has 4 rings (SSSR count). The maximum atomic E-state index is 12.7. The van der Waals surface area contributed by atoms with Crippen molar-refractivity contribution in [1.29, 1.82) is 0 Å². The van der Waals surface area contributed by atoms with E-state index in [0.717, 1.165) is 11.3 Å². The smallest absolute Gasteiger partial charge is 0.266 e. The molecule has 0 saturated carbocycles. The first kappa shape index (κ1) is 19.2. The lowest BCUT2D eigenvalue weighted by Crippen LogP contribution is -2.40. The van der Waals surface area contributed by atoms with Crippen LogP contribution in [-0.2, 0) is 16.6 Å². The number of pyridine rings is 1. The Labute approximate surface area is 173 Å². The van der Waals surface area contributed by atoms with E-state index in [9.17, 15) is 8.42 Å². The van der Waals surface area contributed by atoms with Crippen LogP contribution in [0, 0.1) is 6.92 Å². The molecule has 1 aliphatic rings. The summed E-state index contributed by atoms with van der Waals surface area (Å²) in [5.41, 5.74) is 2.02. The van der Waals surface area contributed by atoms with Gasteiger partial charge in [-0.1, -0.05) is 35.9 Å². The number of aryl methyl sites for hydroxylation is 1. The third-order valence-corrected chi connectivity index (χ3v) is 6.01. The van der Waals surface area contributed by atoms with Gasteiger partial charge in [-0.2, -0.15) is 0 Å². The fourth-order valence-corrected chi connectivity index (χ4v) is 4.16. The molecule has 2 heterocycles. The summed E-state index contributed by atoms with van der Waals surface area (Å²) in [7, 11) is -3.81. The summed E-state index contributed by atoms with van der Waals surface area (Å²) >= 11 is 6.17. The first-order valence-corrected chi connectivity index (χ1v) is 10.6. The van der Waals surface area contributed by atoms with Crippen LogP contribution in [0.3, 0.4) is 0 Å². The van der Waals surface area contributed by atoms with Crippen molar-refractivity contribution in [3.63, 3.8) is 0 Å². The molecule has 1 aliphatic heterocycles. The quantitative estimate of drug-likeness (QED) is 0.652. The molecular weight excluding hydrogens is 412 g/mol. The zero-order valence-electron chi connectivity index (χ0n) is 15.4. The van der Waals surface area contributed by atoms with Crippen molar-refractivity contribution in [3.05, 3.63) is 77.1 Å². The lowest BCUT2D eigenvalue weighted by molar-refractivity contribution is 0.483. The fourth-order valence-electron chi connectivity index (χ4n) is 2.82. The topological polar surface area (TPSA) is 92.7 Å². The van der Waals surface area contributed by atoms with Crippen LogP contribution in [0.2, 0.25) is 5.02 Å². The number of rotatable bonds is 4. The molecule has 0 amide bonds. The van der Waals surface area contributed by atoms with E-state index in [1.54, 1.807) is 42.6 Å². The number of benzene rings is 2. The summed E-state index contributed by atoms with van der Waals surface area (Å²) in [6.07, 6.45) is 1.67. The van der Waals surface area contributed by atoms with E-state index < -0.39 is 10.0 Å². The van der Waals surface area contributed by atoms with Crippen molar-refractivity contribution >= 4 is 33.3 Å². The summed E-state index contributed by atoms with van der Waals surface area (Å²) < 4.78 is 33.7. The number of nitrogens with zero attached hydrogens (tertiary/aromatic N) is 2. The Hall–Kier alpha value is -3.10. The highest BCUT2D eigenvalue weighted by molar-refractivity contribution is 7.90. The van der Waals surface area contributed by atoms with Crippen LogP contribution in [-0.4, -0.2) is 19.4 Å².